The summed E-state index contributed by atoms with van der Waals surface area (Å²) in [6, 6.07) is 18.7. The first-order valence-electron chi connectivity index (χ1n) is 14.1. The van der Waals surface area contributed by atoms with Crippen LogP contribution in [0.4, 0.5) is 0 Å². The Morgan fingerprint density at radius 3 is 2.62 bits per heavy atom. The molecule has 1 aliphatic rings. The van der Waals surface area contributed by atoms with E-state index in [-0.39, 0.29) is 11.9 Å². The molecule has 2 atom stereocenters. The lowest BCUT2D eigenvalue weighted by Gasteiger charge is -2.21. The topological polar surface area (TPSA) is 93.3 Å². The van der Waals surface area contributed by atoms with Crippen LogP contribution in [-0.4, -0.2) is 29.0 Å². The second kappa shape index (κ2) is 12.9. The number of para-hydroxylation sites is 1. The maximum Gasteiger partial charge on any atom is 0.348 e. The third-order valence-corrected chi connectivity index (χ3v) is 8.11. The smallest absolute Gasteiger partial charge is 0.348 e. The number of benzene rings is 3. The molecule has 3 aromatic carbocycles. The molecule has 0 fully saturated rings. The Morgan fingerprint density at radius 2 is 1.88 bits per heavy atom. The maximum atomic E-state index is 13.6. The number of nitrogens with one attached hydrogen (secondary N) is 2. The summed E-state index contributed by atoms with van der Waals surface area (Å²) in [4.78, 5) is 35.1. The molecule has 0 saturated heterocycles. The number of hydrogen-bond acceptors (Lipinski definition) is 5. The van der Waals surface area contributed by atoms with Gasteiger partial charge in [-0.2, -0.15) is 0 Å². The van der Waals surface area contributed by atoms with Crippen LogP contribution in [0.1, 0.15) is 88.3 Å². The molecule has 2 unspecified atom stereocenters. The maximum absolute atomic E-state index is 13.6. The molecular formula is C34H34IN3O4. The number of imidazole rings is 1. The van der Waals surface area contributed by atoms with Crippen molar-refractivity contribution in [2.45, 2.75) is 52.0 Å². The van der Waals surface area contributed by atoms with Crippen molar-refractivity contribution in [3.8, 4) is 28.3 Å². The van der Waals surface area contributed by atoms with Gasteiger partial charge < -0.3 is 18.1 Å². The molecule has 0 aliphatic heterocycles. The summed E-state index contributed by atoms with van der Waals surface area (Å²) < 4.78 is 10.7. The van der Waals surface area contributed by atoms with Crippen molar-refractivity contribution in [2.24, 2.45) is 0 Å². The molecule has 7 nitrogen and oxygen atoms in total. The zero-order valence-electron chi connectivity index (χ0n) is 24.2. The van der Waals surface area contributed by atoms with Crippen molar-refractivity contribution in [2.75, 3.05) is 7.11 Å². The van der Waals surface area contributed by atoms with Crippen LogP contribution in [0.2, 0.25) is 0 Å². The van der Waals surface area contributed by atoms with Gasteiger partial charge in [-0.3, -0.25) is 4.79 Å². The minimum Gasteiger partial charge on any atom is -0.496 e. The van der Waals surface area contributed by atoms with Crippen LogP contribution in [-0.2, 0) is 3.07 Å². The lowest BCUT2D eigenvalue weighted by molar-refractivity contribution is 0.0801. The lowest BCUT2D eigenvalue weighted by atomic mass is 9.92. The quantitative estimate of drug-likeness (QED) is 0.174. The molecule has 42 heavy (non-hydrogen) atoms. The number of rotatable bonds is 9. The number of carbonyl (C=O) groups excluding carboxylic acids is 2. The number of nitrogens with zero attached hydrogens (tertiary/aromatic N) is 1. The molecule has 1 amide bonds. The van der Waals surface area contributed by atoms with Crippen molar-refractivity contribution >= 4 is 41.0 Å². The highest BCUT2D eigenvalue weighted by Crippen LogP contribution is 2.37. The first kappa shape index (κ1) is 29.6. The van der Waals surface area contributed by atoms with Crippen molar-refractivity contribution in [3.05, 3.63) is 100 Å². The van der Waals surface area contributed by atoms with Crippen LogP contribution in [0.5, 0.6) is 5.75 Å². The van der Waals surface area contributed by atoms with Gasteiger partial charge in [-0.1, -0.05) is 74.4 Å². The molecule has 5 rings (SSSR count). The van der Waals surface area contributed by atoms with Gasteiger partial charge in [-0.25, -0.2) is 9.78 Å². The highest BCUT2D eigenvalue weighted by Gasteiger charge is 2.24. The molecule has 0 bridgehead atoms. The van der Waals surface area contributed by atoms with E-state index in [1.54, 1.807) is 42.2 Å². The van der Waals surface area contributed by atoms with Crippen LogP contribution in [0, 0.1) is 6.92 Å². The number of carbonyl (C=O) groups is 2. The van der Waals surface area contributed by atoms with Gasteiger partial charge in [0.05, 0.1) is 24.4 Å². The third kappa shape index (κ3) is 5.99. The van der Waals surface area contributed by atoms with Gasteiger partial charge in [0.15, 0.2) is 23.0 Å². The first-order valence-corrected chi connectivity index (χ1v) is 15.0. The fourth-order valence-electron chi connectivity index (χ4n) is 5.54. The Kier molecular flexibility index (Phi) is 9.11. The van der Waals surface area contributed by atoms with Crippen molar-refractivity contribution in [1.29, 1.82) is 0 Å². The number of methoxy groups -OCH3 is 1. The van der Waals surface area contributed by atoms with E-state index >= 15 is 0 Å². The number of ether oxygens (including phenoxy) is 1. The van der Waals surface area contributed by atoms with E-state index < -0.39 is 5.97 Å². The Labute approximate surface area is 260 Å². The van der Waals surface area contributed by atoms with Crippen LogP contribution >= 0.6 is 23.0 Å². The molecule has 1 aliphatic carbocycles. The lowest BCUT2D eigenvalue weighted by Crippen LogP contribution is -2.29. The number of fused-ring (bicyclic) bond motifs is 1. The normalized spacial score (nSPS) is 14.6. The molecule has 0 spiro atoms. The molecular weight excluding hydrogens is 641 g/mol. The fourth-order valence-corrected chi connectivity index (χ4v) is 5.78. The van der Waals surface area contributed by atoms with Gasteiger partial charge >= 0.3 is 5.97 Å². The Balaban J connectivity index is 1.55. The Morgan fingerprint density at radius 1 is 1.10 bits per heavy atom. The van der Waals surface area contributed by atoms with Crippen LogP contribution in [0.15, 0.2) is 66.7 Å². The first-order chi connectivity index (χ1) is 20.3. The van der Waals surface area contributed by atoms with E-state index in [2.05, 4.69) is 30.2 Å². The van der Waals surface area contributed by atoms with E-state index in [0.717, 1.165) is 64.5 Å². The largest absolute Gasteiger partial charge is 0.496 e. The zero-order valence-corrected chi connectivity index (χ0v) is 26.3. The number of aromatic nitrogens is 2. The zero-order chi connectivity index (χ0) is 29.8. The SMILES string of the molecule is CCCC(NC(=O)c1ccc(-c2cc(C)ccc2-c2nc3c([nH]2)C(C)CC=C3)c(C(=O)OI)c1)c1ccccc1OC. The molecule has 8 heteroatoms. The minimum atomic E-state index is -0.530. The number of aromatic amines is 1. The number of amides is 1. The van der Waals surface area contributed by atoms with Crippen molar-refractivity contribution < 1.29 is 17.4 Å². The molecule has 4 aromatic rings. The van der Waals surface area contributed by atoms with Crippen LogP contribution in [0.25, 0.3) is 28.6 Å². The van der Waals surface area contributed by atoms with Crippen molar-refractivity contribution in [3.63, 3.8) is 0 Å². The average Bonchev–Trinajstić information content (AvgIpc) is 3.45. The Hall–Kier alpha value is -3.92. The van der Waals surface area contributed by atoms with Crippen molar-refractivity contribution in [1.82, 2.24) is 15.3 Å². The monoisotopic (exact) mass is 675 g/mol. The third-order valence-electron chi connectivity index (χ3n) is 7.71. The van der Waals surface area contributed by atoms with E-state index in [1.165, 1.54) is 0 Å². The second-order valence-corrected chi connectivity index (χ2v) is 11.1. The second-order valence-electron chi connectivity index (χ2n) is 10.7. The van der Waals surface area contributed by atoms with Crippen LogP contribution in [0.3, 0.4) is 0 Å². The summed E-state index contributed by atoms with van der Waals surface area (Å²) >= 11 is 1.59. The number of halogens is 1. The molecule has 0 radical (unpaired) electrons. The van der Waals surface area contributed by atoms with Crippen LogP contribution < -0.4 is 10.1 Å². The molecule has 216 valence electrons. The van der Waals surface area contributed by atoms with E-state index in [1.807, 2.05) is 61.5 Å². The average molecular weight is 676 g/mol. The highest BCUT2D eigenvalue weighted by molar-refractivity contribution is 14.1. The predicted molar refractivity (Wildman–Crippen MR) is 174 cm³/mol. The summed E-state index contributed by atoms with van der Waals surface area (Å²) in [6.45, 7) is 6.26. The highest BCUT2D eigenvalue weighted by atomic mass is 127. The molecule has 2 N–H and O–H groups in total. The summed E-state index contributed by atoms with van der Waals surface area (Å²) in [5.74, 6) is 0.991. The van der Waals surface area contributed by atoms with Gasteiger partial charge in [0, 0.05) is 28.3 Å². The van der Waals surface area contributed by atoms with E-state index in [4.69, 9.17) is 12.8 Å². The van der Waals surface area contributed by atoms with Gasteiger partial charge in [0.1, 0.15) is 11.6 Å². The van der Waals surface area contributed by atoms with Gasteiger partial charge in [0.2, 0.25) is 0 Å². The van der Waals surface area contributed by atoms with Gasteiger partial charge in [-0.05, 0) is 55.2 Å². The summed E-state index contributed by atoms with van der Waals surface area (Å²) in [7, 11) is 1.62. The van der Waals surface area contributed by atoms with E-state index in [0.29, 0.717) is 22.6 Å². The Bertz CT molecular complexity index is 1660. The number of aryl methyl sites for hydroxylation is 1. The molecule has 1 aromatic heterocycles. The molecule has 1 heterocycles. The fraction of sp³-hybridized carbons (Fsp3) is 0.265. The summed E-state index contributed by atoms with van der Waals surface area (Å²) in [5.41, 5.74) is 7.03. The standard InChI is InChI=1S/C34H34IN3O4/c1-5-9-28(25-11-6-7-13-30(25)41-4)37-33(39)22-15-17-23(27(19-22)34(40)42-35)26-18-20(2)14-16-24(26)32-36-29-12-8-10-21(3)31(29)38-32/h6-8,11-19,21,28H,5,9-10H2,1-4H3,(H,36,38)(H,37,39). The molecule has 0 saturated carbocycles. The number of hydrogen-bond donors (Lipinski definition) is 2. The predicted octanol–water partition coefficient (Wildman–Crippen LogP) is 8.36. The summed E-state index contributed by atoms with van der Waals surface area (Å²) in [5, 5.41) is 3.15. The van der Waals surface area contributed by atoms with Gasteiger partial charge in [-0.15, -0.1) is 0 Å². The summed E-state index contributed by atoms with van der Waals surface area (Å²) in [6.07, 6.45) is 6.76. The van der Waals surface area contributed by atoms with Gasteiger partial charge in [0.25, 0.3) is 5.91 Å². The van der Waals surface area contributed by atoms with E-state index in [9.17, 15) is 9.59 Å². The number of allylic oxidation sites excluding steroid dienone is 1. The number of H-pyrrole nitrogens is 1. The minimum absolute atomic E-state index is 0.247.